The molecule has 6 rings (SSSR count). The van der Waals surface area contributed by atoms with Crippen molar-refractivity contribution in [2.75, 3.05) is 11.4 Å². The molecule has 0 bridgehead atoms. The fraction of sp³-hybridized carbons (Fsp3) is 0.143. The summed E-state index contributed by atoms with van der Waals surface area (Å²) in [7, 11) is 1.55. The number of carbonyl (C=O) groups is 1. The lowest BCUT2D eigenvalue weighted by molar-refractivity contribution is 0.0696. The Balaban J connectivity index is 1.56. The molecule has 0 radical (unpaired) electrons. The molecule has 37 heavy (non-hydrogen) atoms. The molecule has 1 unspecified atom stereocenters. The Morgan fingerprint density at radius 3 is 2.54 bits per heavy atom. The maximum absolute atomic E-state index is 13.2. The van der Waals surface area contributed by atoms with Gasteiger partial charge in [-0.3, -0.25) is 9.36 Å². The highest BCUT2D eigenvalue weighted by Crippen LogP contribution is 2.39. The summed E-state index contributed by atoms with van der Waals surface area (Å²) in [5, 5.41) is 20.4. The SMILES string of the molecule is Cn1c(N2CCc3ccc(C(=O)O)cc3C2c2ccccc2)nc(-c2nc3ccccc3o2)c(O)c1=O. The van der Waals surface area contributed by atoms with Gasteiger partial charge in [-0.15, -0.1) is 0 Å². The normalized spacial score (nSPS) is 15.1. The minimum atomic E-state index is -1.01. The monoisotopic (exact) mass is 494 g/mol. The first kappa shape index (κ1) is 22.5. The van der Waals surface area contributed by atoms with E-state index in [0.29, 0.717) is 30.0 Å². The average molecular weight is 495 g/mol. The number of anilines is 1. The Kier molecular flexibility index (Phi) is 5.26. The number of fused-ring (bicyclic) bond motifs is 2. The van der Waals surface area contributed by atoms with E-state index in [1.165, 1.54) is 4.57 Å². The molecule has 0 amide bonds. The van der Waals surface area contributed by atoms with Crippen LogP contribution in [0.15, 0.2) is 82.0 Å². The molecule has 9 heteroatoms. The molecule has 5 aromatic rings. The minimum absolute atomic E-state index is 0.0412. The van der Waals surface area contributed by atoms with Gasteiger partial charge in [-0.1, -0.05) is 48.5 Å². The van der Waals surface area contributed by atoms with Gasteiger partial charge in [0.05, 0.1) is 11.6 Å². The van der Waals surface area contributed by atoms with Crippen molar-refractivity contribution in [3.05, 3.63) is 105 Å². The van der Waals surface area contributed by atoms with Crippen LogP contribution >= 0.6 is 0 Å². The summed E-state index contributed by atoms with van der Waals surface area (Å²) >= 11 is 0. The van der Waals surface area contributed by atoms with Crippen LogP contribution in [0.25, 0.3) is 22.7 Å². The van der Waals surface area contributed by atoms with Crippen molar-refractivity contribution < 1.29 is 19.4 Å². The molecule has 3 heterocycles. The third kappa shape index (κ3) is 3.72. The molecule has 2 aromatic heterocycles. The zero-order valence-electron chi connectivity index (χ0n) is 19.8. The van der Waals surface area contributed by atoms with E-state index in [1.807, 2.05) is 47.4 Å². The maximum Gasteiger partial charge on any atom is 0.335 e. The molecule has 2 N–H and O–H groups in total. The number of para-hydroxylation sites is 2. The van der Waals surface area contributed by atoms with Crippen LogP contribution < -0.4 is 10.5 Å². The quantitative estimate of drug-likeness (QED) is 0.382. The third-order valence-electron chi connectivity index (χ3n) is 6.73. The number of aromatic carboxylic acids is 1. The van der Waals surface area contributed by atoms with Crippen LogP contribution in [0.2, 0.25) is 0 Å². The van der Waals surface area contributed by atoms with Crippen molar-refractivity contribution >= 4 is 23.0 Å². The van der Waals surface area contributed by atoms with E-state index in [0.717, 1.165) is 16.7 Å². The molecular weight excluding hydrogens is 472 g/mol. The lowest BCUT2D eigenvalue weighted by Gasteiger charge is -2.39. The van der Waals surface area contributed by atoms with Crippen molar-refractivity contribution in [3.8, 4) is 17.3 Å². The molecule has 0 saturated heterocycles. The number of carboxylic acid groups (broad SMARTS) is 1. The second kappa shape index (κ2) is 8.63. The Morgan fingerprint density at radius 1 is 1.03 bits per heavy atom. The fourth-order valence-corrected chi connectivity index (χ4v) is 4.92. The van der Waals surface area contributed by atoms with E-state index >= 15 is 0 Å². The Bertz CT molecular complexity index is 1690. The Labute approximate surface area is 210 Å². The van der Waals surface area contributed by atoms with Crippen LogP contribution in [0, 0.1) is 0 Å². The Morgan fingerprint density at radius 2 is 1.78 bits per heavy atom. The van der Waals surface area contributed by atoms with Gasteiger partial charge >= 0.3 is 5.97 Å². The van der Waals surface area contributed by atoms with E-state index in [1.54, 1.807) is 37.4 Å². The summed E-state index contributed by atoms with van der Waals surface area (Å²) in [6.07, 6.45) is 0.619. The number of carboxylic acids is 1. The highest BCUT2D eigenvalue weighted by Gasteiger charge is 2.33. The van der Waals surface area contributed by atoms with Crippen LogP contribution in [-0.2, 0) is 13.5 Å². The molecular formula is C28H22N4O5. The first-order valence-corrected chi connectivity index (χ1v) is 11.8. The second-order valence-electron chi connectivity index (χ2n) is 8.94. The minimum Gasteiger partial charge on any atom is -0.501 e. The lowest BCUT2D eigenvalue weighted by Crippen LogP contribution is -2.40. The van der Waals surface area contributed by atoms with Gasteiger partial charge in [0, 0.05) is 13.6 Å². The number of aromatic hydroxyl groups is 1. The lowest BCUT2D eigenvalue weighted by atomic mass is 9.87. The molecule has 1 aliphatic rings. The van der Waals surface area contributed by atoms with Crippen LogP contribution in [0.5, 0.6) is 5.75 Å². The third-order valence-corrected chi connectivity index (χ3v) is 6.73. The average Bonchev–Trinajstić information content (AvgIpc) is 3.35. The summed E-state index contributed by atoms with van der Waals surface area (Å²) < 4.78 is 7.11. The van der Waals surface area contributed by atoms with Gasteiger partial charge in [-0.05, 0) is 47.4 Å². The number of benzene rings is 3. The van der Waals surface area contributed by atoms with E-state index in [2.05, 4.69) is 4.98 Å². The molecule has 0 saturated carbocycles. The van der Waals surface area contributed by atoms with Crippen molar-refractivity contribution in [1.82, 2.24) is 14.5 Å². The molecule has 0 aliphatic carbocycles. The van der Waals surface area contributed by atoms with E-state index in [9.17, 15) is 19.8 Å². The number of hydrogen-bond acceptors (Lipinski definition) is 7. The predicted molar refractivity (Wildman–Crippen MR) is 137 cm³/mol. The fourth-order valence-electron chi connectivity index (χ4n) is 4.92. The topological polar surface area (TPSA) is 122 Å². The van der Waals surface area contributed by atoms with Gasteiger partial charge in [-0.2, -0.15) is 0 Å². The molecule has 3 aromatic carbocycles. The number of oxazole rings is 1. The van der Waals surface area contributed by atoms with Gasteiger partial charge in [-0.25, -0.2) is 14.8 Å². The smallest absolute Gasteiger partial charge is 0.335 e. The summed E-state index contributed by atoms with van der Waals surface area (Å²) in [5.41, 5.74) is 3.34. The zero-order chi connectivity index (χ0) is 25.7. The van der Waals surface area contributed by atoms with Crippen molar-refractivity contribution in [2.45, 2.75) is 12.5 Å². The summed E-state index contributed by atoms with van der Waals surface area (Å²) in [6, 6.07) is 21.5. The number of rotatable bonds is 4. The summed E-state index contributed by atoms with van der Waals surface area (Å²) in [5.74, 6) is -1.22. The van der Waals surface area contributed by atoms with Crippen molar-refractivity contribution in [2.24, 2.45) is 7.05 Å². The van der Waals surface area contributed by atoms with Crippen LogP contribution in [0.1, 0.15) is 33.1 Å². The molecule has 0 spiro atoms. The van der Waals surface area contributed by atoms with E-state index in [-0.39, 0.29) is 17.1 Å². The second-order valence-corrected chi connectivity index (χ2v) is 8.94. The highest BCUT2D eigenvalue weighted by atomic mass is 16.4. The molecule has 184 valence electrons. The van der Waals surface area contributed by atoms with Crippen molar-refractivity contribution in [1.29, 1.82) is 0 Å². The standard InChI is InChI=1S/C28H22N4O5/c1-31-26(34)24(33)22(25-29-20-9-5-6-10-21(20)37-25)30-28(31)32-14-13-16-11-12-18(27(35)36)15-19(16)23(32)17-7-3-2-4-8-17/h2-12,15,23,33H,13-14H2,1H3,(H,35,36). The predicted octanol–water partition coefficient (Wildman–Crippen LogP) is 4.14. The first-order valence-electron chi connectivity index (χ1n) is 11.8. The molecule has 9 nitrogen and oxygen atoms in total. The van der Waals surface area contributed by atoms with Crippen LogP contribution in [-0.4, -0.2) is 37.3 Å². The largest absolute Gasteiger partial charge is 0.501 e. The number of hydrogen-bond donors (Lipinski definition) is 2. The molecule has 1 aliphatic heterocycles. The summed E-state index contributed by atoms with van der Waals surface area (Å²) in [6.45, 7) is 0.511. The summed E-state index contributed by atoms with van der Waals surface area (Å²) in [4.78, 5) is 36.0. The van der Waals surface area contributed by atoms with E-state index < -0.39 is 23.3 Å². The highest BCUT2D eigenvalue weighted by molar-refractivity contribution is 5.88. The first-order chi connectivity index (χ1) is 17.9. The van der Waals surface area contributed by atoms with Gasteiger partial charge in [0.2, 0.25) is 11.7 Å². The van der Waals surface area contributed by atoms with Gasteiger partial charge in [0.25, 0.3) is 11.4 Å². The van der Waals surface area contributed by atoms with E-state index in [4.69, 9.17) is 9.40 Å². The van der Waals surface area contributed by atoms with Gasteiger partial charge in [0.15, 0.2) is 11.3 Å². The Hall–Kier alpha value is -4.92. The van der Waals surface area contributed by atoms with Gasteiger partial charge in [0.1, 0.15) is 5.52 Å². The zero-order valence-corrected chi connectivity index (χ0v) is 19.8. The molecule has 1 atom stereocenters. The number of aromatic nitrogens is 3. The maximum atomic E-state index is 13.2. The van der Waals surface area contributed by atoms with Crippen LogP contribution in [0.4, 0.5) is 5.95 Å². The van der Waals surface area contributed by atoms with Crippen LogP contribution in [0.3, 0.4) is 0 Å². The molecule has 0 fully saturated rings. The van der Waals surface area contributed by atoms with Crippen molar-refractivity contribution in [3.63, 3.8) is 0 Å². The van der Waals surface area contributed by atoms with Gasteiger partial charge < -0.3 is 19.5 Å². The number of nitrogens with zero attached hydrogens (tertiary/aromatic N) is 4.